The van der Waals surface area contributed by atoms with Crippen LogP contribution in [0.2, 0.25) is 5.02 Å². The van der Waals surface area contributed by atoms with Crippen LogP contribution >= 0.6 is 11.6 Å². The van der Waals surface area contributed by atoms with E-state index in [9.17, 15) is 4.79 Å². The smallest absolute Gasteiger partial charge is 0.338 e. The Labute approximate surface area is 93.2 Å². The van der Waals surface area contributed by atoms with Gasteiger partial charge in [0.1, 0.15) is 6.07 Å². The summed E-state index contributed by atoms with van der Waals surface area (Å²) in [4.78, 5) is 11.5. The molecular weight excluding hydrogens is 214 g/mol. The Morgan fingerprint density at radius 3 is 2.80 bits per heavy atom. The number of hydrogen-bond acceptors (Lipinski definition) is 3. The normalized spacial score (nSPS) is 9.47. The van der Waals surface area contributed by atoms with E-state index in [0.717, 1.165) is 0 Å². The third kappa shape index (κ3) is 2.28. The van der Waals surface area contributed by atoms with Gasteiger partial charge in [-0.25, -0.2) is 4.79 Å². The predicted octanol–water partition coefficient (Wildman–Crippen LogP) is 2.70. The van der Waals surface area contributed by atoms with Gasteiger partial charge < -0.3 is 4.74 Å². The number of hydrogen-bond donors (Lipinski definition) is 0. The zero-order valence-electron chi connectivity index (χ0n) is 8.50. The number of ether oxygens (including phenoxy) is 1. The van der Waals surface area contributed by atoms with Crippen molar-refractivity contribution in [1.82, 2.24) is 0 Å². The van der Waals surface area contributed by atoms with E-state index in [-0.39, 0.29) is 0 Å². The molecule has 0 N–H and O–H groups in total. The first-order chi connectivity index (χ1) is 7.11. The van der Waals surface area contributed by atoms with Gasteiger partial charge in [0, 0.05) is 0 Å². The van der Waals surface area contributed by atoms with Crippen molar-refractivity contribution >= 4 is 17.6 Å². The topological polar surface area (TPSA) is 50.1 Å². The molecule has 0 bridgehead atoms. The van der Waals surface area contributed by atoms with Gasteiger partial charge in [-0.3, -0.25) is 0 Å². The molecule has 4 heteroatoms. The van der Waals surface area contributed by atoms with Crippen molar-refractivity contribution in [2.75, 3.05) is 6.61 Å². The lowest BCUT2D eigenvalue weighted by atomic mass is 10.0. The number of nitrogens with zero attached hydrogens (tertiary/aromatic N) is 1. The summed E-state index contributed by atoms with van der Waals surface area (Å²) >= 11 is 5.81. The summed E-state index contributed by atoms with van der Waals surface area (Å²) in [5.74, 6) is -0.428. The van der Waals surface area contributed by atoms with Crippen LogP contribution in [0.1, 0.15) is 28.4 Å². The number of esters is 1. The van der Waals surface area contributed by atoms with E-state index in [2.05, 4.69) is 0 Å². The van der Waals surface area contributed by atoms with E-state index in [4.69, 9.17) is 21.6 Å². The van der Waals surface area contributed by atoms with Crippen LogP contribution in [0.3, 0.4) is 0 Å². The molecule has 78 valence electrons. The number of carbonyl (C=O) groups is 1. The molecule has 0 unspecified atom stereocenters. The second-order valence-corrected chi connectivity index (χ2v) is 3.33. The Morgan fingerprint density at radius 2 is 2.27 bits per heavy atom. The quantitative estimate of drug-likeness (QED) is 0.725. The molecular formula is C11H10ClNO2. The van der Waals surface area contributed by atoms with Crippen LogP contribution in [-0.4, -0.2) is 12.6 Å². The molecule has 0 amide bonds. The van der Waals surface area contributed by atoms with Gasteiger partial charge in [0.05, 0.1) is 22.8 Å². The molecule has 1 aromatic rings. The maximum absolute atomic E-state index is 11.5. The van der Waals surface area contributed by atoms with Crippen LogP contribution < -0.4 is 0 Å². The lowest BCUT2D eigenvalue weighted by Gasteiger charge is -2.07. The second-order valence-electron chi connectivity index (χ2n) is 2.93. The Bertz CT molecular complexity index is 435. The van der Waals surface area contributed by atoms with Gasteiger partial charge in [-0.15, -0.1) is 0 Å². The molecule has 0 heterocycles. The van der Waals surface area contributed by atoms with Gasteiger partial charge in [0.15, 0.2) is 0 Å². The summed E-state index contributed by atoms with van der Waals surface area (Å²) in [6.45, 7) is 3.72. The highest BCUT2D eigenvalue weighted by atomic mass is 35.5. The van der Waals surface area contributed by atoms with Crippen molar-refractivity contribution < 1.29 is 9.53 Å². The average molecular weight is 224 g/mol. The maximum atomic E-state index is 11.5. The Kier molecular flexibility index (Phi) is 3.70. The van der Waals surface area contributed by atoms with E-state index in [1.54, 1.807) is 19.9 Å². The first-order valence-electron chi connectivity index (χ1n) is 4.48. The highest BCUT2D eigenvalue weighted by Crippen LogP contribution is 2.22. The maximum Gasteiger partial charge on any atom is 0.338 e. The molecule has 1 rings (SSSR count). The van der Waals surface area contributed by atoms with Gasteiger partial charge >= 0.3 is 5.97 Å². The zero-order chi connectivity index (χ0) is 11.4. The highest BCUT2D eigenvalue weighted by Gasteiger charge is 2.14. The Morgan fingerprint density at radius 1 is 1.60 bits per heavy atom. The summed E-state index contributed by atoms with van der Waals surface area (Å²) < 4.78 is 4.86. The van der Waals surface area contributed by atoms with Gasteiger partial charge in [-0.05, 0) is 31.5 Å². The van der Waals surface area contributed by atoms with Crippen LogP contribution in [0.4, 0.5) is 0 Å². The Balaban J connectivity index is 3.23. The van der Waals surface area contributed by atoms with E-state index >= 15 is 0 Å². The molecule has 0 radical (unpaired) electrons. The molecule has 3 nitrogen and oxygen atoms in total. The number of nitriles is 1. The third-order valence-corrected chi connectivity index (χ3v) is 2.34. The van der Waals surface area contributed by atoms with E-state index in [1.165, 1.54) is 6.07 Å². The fourth-order valence-electron chi connectivity index (χ4n) is 1.25. The first kappa shape index (κ1) is 11.5. The highest BCUT2D eigenvalue weighted by molar-refractivity contribution is 6.32. The molecule has 0 saturated carbocycles. The SMILES string of the molecule is CCOC(=O)c1ccc(Cl)c(C#N)c1C. The number of rotatable bonds is 2. The molecule has 0 aliphatic carbocycles. The van der Waals surface area contributed by atoms with Gasteiger partial charge in [0.25, 0.3) is 0 Å². The van der Waals surface area contributed by atoms with Crippen LogP contribution in [0, 0.1) is 18.3 Å². The molecule has 0 aliphatic heterocycles. The van der Waals surface area contributed by atoms with E-state index in [1.807, 2.05) is 6.07 Å². The minimum absolute atomic E-state index is 0.308. The summed E-state index contributed by atoms with van der Waals surface area (Å²) in [6.07, 6.45) is 0. The van der Waals surface area contributed by atoms with Gasteiger partial charge in [-0.1, -0.05) is 11.6 Å². The minimum atomic E-state index is -0.428. The van der Waals surface area contributed by atoms with Crippen molar-refractivity contribution in [1.29, 1.82) is 5.26 Å². The summed E-state index contributed by atoms with van der Waals surface area (Å²) in [5.41, 5.74) is 1.27. The van der Waals surface area contributed by atoms with E-state index < -0.39 is 5.97 Å². The molecule has 0 saturated heterocycles. The standard InChI is InChI=1S/C11H10ClNO2/c1-3-15-11(14)8-4-5-10(12)9(6-13)7(8)2/h4-5H,3H2,1-2H3. The molecule has 0 aromatic heterocycles. The number of carbonyl (C=O) groups excluding carboxylic acids is 1. The van der Waals surface area contributed by atoms with Gasteiger partial charge in [0.2, 0.25) is 0 Å². The van der Waals surface area contributed by atoms with E-state index in [0.29, 0.717) is 28.3 Å². The predicted molar refractivity (Wildman–Crippen MR) is 56.9 cm³/mol. The number of benzene rings is 1. The summed E-state index contributed by atoms with van der Waals surface area (Å²) in [7, 11) is 0. The minimum Gasteiger partial charge on any atom is -0.462 e. The Hall–Kier alpha value is -1.53. The zero-order valence-corrected chi connectivity index (χ0v) is 9.26. The van der Waals surface area contributed by atoms with Crippen molar-refractivity contribution in [3.8, 4) is 6.07 Å². The molecule has 15 heavy (non-hydrogen) atoms. The number of halogens is 1. The molecule has 0 fully saturated rings. The largest absolute Gasteiger partial charge is 0.462 e. The third-order valence-electron chi connectivity index (χ3n) is 2.02. The fraction of sp³-hybridized carbons (Fsp3) is 0.273. The van der Waals surface area contributed by atoms with Crippen molar-refractivity contribution in [3.05, 3.63) is 33.8 Å². The second kappa shape index (κ2) is 4.81. The monoisotopic (exact) mass is 223 g/mol. The first-order valence-corrected chi connectivity index (χ1v) is 4.86. The van der Waals surface area contributed by atoms with Crippen molar-refractivity contribution in [2.45, 2.75) is 13.8 Å². The molecule has 0 aliphatic rings. The molecule has 0 spiro atoms. The van der Waals surface area contributed by atoms with Gasteiger partial charge in [-0.2, -0.15) is 5.26 Å². The van der Waals surface area contributed by atoms with Crippen LogP contribution in [0.5, 0.6) is 0 Å². The van der Waals surface area contributed by atoms with Crippen LogP contribution in [-0.2, 0) is 4.74 Å². The molecule has 1 aromatic carbocycles. The van der Waals surface area contributed by atoms with Crippen molar-refractivity contribution in [2.24, 2.45) is 0 Å². The summed E-state index contributed by atoms with van der Waals surface area (Å²) in [5, 5.41) is 9.20. The average Bonchev–Trinajstić information content (AvgIpc) is 2.18. The molecule has 0 atom stereocenters. The lowest BCUT2D eigenvalue weighted by Crippen LogP contribution is -2.07. The van der Waals surface area contributed by atoms with Crippen LogP contribution in [0.25, 0.3) is 0 Å². The lowest BCUT2D eigenvalue weighted by molar-refractivity contribution is 0.0525. The summed E-state index contributed by atoms with van der Waals surface area (Å²) in [6, 6.07) is 5.05. The van der Waals surface area contributed by atoms with Crippen molar-refractivity contribution in [3.63, 3.8) is 0 Å². The fourth-order valence-corrected chi connectivity index (χ4v) is 1.49. The van der Waals surface area contributed by atoms with Crippen LogP contribution in [0.15, 0.2) is 12.1 Å².